The fourth-order valence-electron chi connectivity index (χ4n) is 0.789. The van der Waals surface area contributed by atoms with Crippen LogP contribution in [0.1, 0.15) is 32.6 Å². The van der Waals surface area contributed by atoms with Crippen LogP contribution in [0.15, 0.2) is 0 Å². The Morgan fingerprint density at radius 2 is 1.80 bits per heavy atom. The molecule has 0 atom stereocenters. The molecular weight excluding hydrogens is 185 g/mol. The maximum absolute atomic E-state index is 8.48. The van der Waals surface area contributed by atoms with Crippen molar-refractivity contribution in [2.24, 2.45) is 0 Å². The topological polar surface area (TPSA) is 20.2 Å². The van der Waals surface area contributed by atoms with Crippen molar-refractivity contribution in [3.05, 3.63) is 0 Å². The van der Waals surface area contributed by atoms with Crippen LogP contribution < -0.4 is 0 Å². The SMILES string of the molecule is CCC[CH2][Ge][CH2]CCCO. The quantitative estimate of drug-likeness (QED) is 0.496. The van der Waals surface area contributed by atoms with Crippen molar-refractivity contribution in [3.8, 4) is 0 Å². The first-order chi connectivity index (χ1) is 4.91. The van der Waals surface area contributed by atoms with Crippen molar-refractivity contribution in [2.75, 3.05) is 6.61 Å². The Labute approximate surface area is 70.7 Å². The average molecular weight is 203 g/mol. The molecule has 10 heavy (non-hydrogen) atoms. The second-order valence-corrected chi connectivity index (χ2v) is 5.68. The minimum atomic E-state index is 0.377. The summed E-state index contributed by atoms with van der Waals surface area (Å²) in [6, 6.07) is 0. The first-order valence-electron chi connectivity index (χ1n) is 4.23. The van der Waals surface area contributed by atoms with E-state index in [0.717, 1.165) is 6.42 Å². The van der Waals surface area contributed by atoms with Gasteiger partial charge < -0.3 is 0 Å². The third-order valence-electron chi connectivity index (χ3n) is 1.47. The third-order valence-corrected chi connectivity index (χ3v) is 4.44. The average Bonchev–Trinajstić information content (AvgIpc) is 1.97. The molecule has 0 bridgehead atoms. The zero-order chi connectivity index (χ0) is 7.66. The number of hydrogen-bond acceptors (Lipinski definition) is 1. The molecule has 0 aromatic heterocycles. The second-order valence-electron chi connectivity index (χ2n) is 2.53. The van der Waals surface area contributed by atoms with Crippen LogP contribution in [-0.4, -0.2) is 27.1 Å². The molecule has 1 N–H and O–H groups in total. The molecule has 2 radical (unpaired) electrons. The monoisotopic (exact) mass is 204 g/mol. The van der Waals surface area contributed by atoms with E-state index in [0.29, 0.717) is 22.0 Å². The predicted octanol–water partition coefficient (Wildman–Crippen LogP) is 2.10. The van der Waals surface area contributed by atoms with Gasteiger partial charge in [-0.25, -0.2) is 0 Å². The Bertz CT molecular complexity index is 49.2. The first kappa shape index (κ1) is 10.5. The third kappa shape index (κ3) is 8.50. The molecule has 0 saturated carbocycles. The zero-order valence-corrected chi connectivity index (χ0v) is 9.00. The van der Waals surface area contributed by atoms with Crippen molar-refractivity contribution in [2.45, 2.75) is 43.1 Å². The van der Waals surface area contributed by atoms with Gasteiger partial charge in [-0.1, -0.05) is 0 Å². The summed E-state index contributed by atoms with van der Waals surface area (Å²) in [5.74, 6) is 0. The zero-order valence-electron chi connectivity index (χ0n) is 6.90. The molecule has 0 spiro atoms. The molecule has 0 rings (SSSR count). The summed E-state index contributed by atoms with van der Waals surface area (Å²) in [5, 5.41) is 11.4. The Hall–Kier alpha value is 0.503. The minimum absolute atomic E-state index is 0.377. The van der Waals surface area contributed by atoms with Gasteiger partial charge in [-0.3, -0.25) is 0 Å². The van der Waals surface area contributed by atoms with E-state index in [9.17, 15) is 0 Å². The van der Waals surface area contributed by atoms with Gasteiger partial charge in [0.2, 0.25) is 0 Å². The van der Waals surface area contributed by atoms with Gasteiger partial charge in [0.05, 0.1) is 0 Å². The Morgan fingerprint density at radius 1 is 1.10 bits per heavy atom. The number of hydrogen-bond donors (Lipinski definition) is 1. The van der Waals surface area contributed by atoms with Crippen LogP contribution in [-0.2, 0) is 0 Å². The van der Waals surface area contributed by atoms with E-state index in [1.54, 1.807) is 0 Å². The number of aliphatic hydroxyl groups excluding tert-OH is 1. The van der Waals surface area contributed by atoms with Crippen LogP contribution in [0.4, 0.5) is 0 Å². The normalized spacial score (nSPS) is 10.2. The van der Waals surface area contributed by atoms with Crippen LogP contribution in [0.25, 0.3) is 0 Å². The molecule has 0 aliphatic rings. The van der Waals surface area contributed by atoms with E-state index in [4.69, 9.17) is 5.11 Å². The molecule has 2 heteroatoms. The summed E-state index contributed by atoms with van der Waals surface area (Å²) in [6.45, 7) is 2.64. The van der Waals surface area contributed by atoms with Crippen molar-refractivity contribution in [1.29, 1.82) is 0 Å². The van der Waals surface area contributed by atoms with E-state index >= 15 is 0 Å². The Kier molecular flexibility index (Phi) is 9.98. The van der Waals surface area contributed by atoms with E-state index in [1.165, 1.54) is 29.8 Å². The molecule has 0 fully saturated rings. The second kappa shape index (κ2) is 9.50. The molecule has 60 valence electrons. The summed E-state index contributed by atoms with van der Waals surface area (Å²) in [7, 11) is 0. The molecule has 0 heterocycles. The Morgan fingerprint density at radius 3 is 2.40 bits per heavy atom. The van der Waals surface area contributed by atoms with Gasteiger partial charge in [-0.15, -0.1) is 0 Å². The van der Waals surface area contributed by atoms with E-state index < -0.39 is 0 Å². The molecular formula is C8H18GeO. The van der Waals surface area contributed by atoms with Crippen LogP contribution in [0.3, 0.4) is 0 Å². The van der Waals surface area contributed by atoms with Gasteiger partial charge in [0.25, 0.3) is 0 Å². The van der Waals surface area contributed by atoms with E-state index in [1.807, 2.05) is 0 Å². The maximum atomic E-state index is 8.48. The van der Waals surface area contributed by atoms with Gasteiger partial charge in [-0.2, -0.15) is 0 Å². The molecule has 0 unspecified atom stereocenters. The van der Waals surface area contributed by atoms with Crippen LogP contribution in [0.2, 0.25) is 10.5 Å². The van der Waals surface area contributed by atoms with Gasteiger partial charge in [-0.05, 0) is 0 Å². The van der Waals surface area contributed by atoms with Crippen molar-refractivity contribution in [3.63, 3.8) is 0 Å². The molecule has 0 saturated heterocycles. The van der Waals surface area contributed by atoms with E-state index in [-0.39, 0.29) is 0 Å². The first-order valence-corrected chi connectivity index (χ1v) is 7.20. The summed E-state index contributed by atoms with van der Waals surface area (Å²) in [5.41, 5.74) is 0. The van der Waals surface area contributed by atoms with Crippen molar-refractivity contribution >= 4 is 15.4 Å². The molecule has 0 aliphatic heterocycles. The molecule has 0 aliphatic carbocycles. The van der Waals surface area contributed by atoms with Gasteiger partial charge in [0, 0.05) is 0 Å². The summed E-state index contributed by atoms with van der Waals surface area (Å²) in [4.78, 5) is 0. The molecule has 0 amide bonds. The van der Waals surface area contributed by atoms with Gasteiger partial charge in [0.15, 0.2) is 0 Å². The fraction of sp³-hybridized carbons (Fsp3) is 1.00. The van der Waals surface area contributed by atoms with Crippen molar-refractivity contribution < 1.29 is 5.11 Å². The number of rotatable bonds is 7. The predicted molar refractivity (Wildman–Crippen MR) is 46.6 cm³/mol. The Balaban J connectivity index is 2.65. The van der Waals surface area contributed by atoms with Gasteiger partial charge >= 0.3 is 70.3 Å². The van der Waals surface area contributed by atoms with Crippen LogP contribution in [0.5, 0.6) is 0 Å². The summed E-state index contributed by atoms with van der Waals surface area (Å²) < 4.78 is 0. The molecule has 0 aromatic rings. The van der Waals surface area contributed by atoms with E-state index in [2.05, 4.69) is 6.92 Å². The molecule has 1 nitrogen and oxygen atoms in total. The molecule has 0 aromatic carbocycles. The summed E-state index contributed by atoms with van der Waals surface area (Å²) >= 11 is 0.377. The number of unbranched alkanes of at least 4 members (excludes halogenated alkanes) is 2. The number of aliphatic hydroxyl groups is 1. The van der Waals surface area contributed by atoms with Crippen LogP contribution >= 0.6 is 0 Å². The fourth-order valence-corrected chi connectivity index (χ4v) is 3.63. The van der Waals surface area contributed by atoms with Crippen LogP contribution in [0, 0.1) is 0 Å². The standard InChI is InChI=1S/C8H18GeO/c1-2-3-6-9-7-4-5-8-10/h10H,2-8H2,1H3. The van der Waals surface area contributed by atoms with Gasteiger partial charge in [0.1, 0.15) is 0 Å². The van der Waals surface area contributed by atoms with Crippen molar-refractivity contribution in [1.82, 2.24) is 0 Å². The summed E-state index contributed by atoms with van der Waals surface area (Å²) in [6.07, 6.45) is 5.07.